The van der Waals surface area contributed by atoms with Crippen LogP contribution in [0.1, 0.15) is 18.5 Å². The summed E-state index contributed by atoms with van der Waals surface area (Å²) in [6, 6.07) is 9.61. The first-order valence-corrected chi connectivity index (χ1v) is 6.09. The van der Waals surface area contributed by atoms with Crippen LogP contribution in [0.4, 0.5) is 0 Å². The Morgan fingerprint density at radius 1 is 1.59 bits per heavy atom. The third kappa shape index (κ3) is 2.98. The maximum absolute atomic E-state index is 9.33. The lowest BCUT2D eigenvalue weighted by atomic mass is 10.1. The van der Waals surface area contributed by atoms with Crippen molar-refractivity contribution in [3.8, 4) is 6.07 Å². The van der Waals surface area contributed by atoms with Crippen LogP contribution in [-0.4, -0.2) is 30.7 Å². The molecule has 0 amide bonds. The summed E-state index contributed by atoms with van der Waals surface area (Å²) in [5, 5.41) is 10.0. The quantitative estimate of drug-likeness (QED) is 0.810. The molecule has 0 saturated carbocycles. The monoisotopic (exact) mass is 250 g/mol. The summed E-state index contributed by atoms with van der Waals surface area (Å²) < 4.78 is 5.49. The van der Waals surface area contributed by atoms with E-state index in [1.807, 2.05) is 31.2 Å². The zero-order chi connectivity index (χ0) is 12.3. The molecule has 1 fully saturated rings. The van der Waals surface area contributed by atoms with Crippen molar-refractivity contribution in [3.63, 3.8) is 0 Å². The number of ether oxygens (including phenoxy) is 1. The average molecular weight is 251 g/mol. The van der Waals surface area contributed by atoms with Crippen molar-refractivity contribution >= 4 is 11.6 Å². The number of rotatable bonds is 2. The maximum atomic E-state index is 9.33. The average Bonchev–Trinajstić information content (AvgIpc) is 2.30. The number of hydrogen-bond donors (Lipinski definition) is 0. The van der Waals surface area contributed by atoms with Gasteiger partial charge in [0.25, 0.3) is 0 Å². The van der Waals surface area contributed by atoms with Crippen molar-refractivity contribution in [2.75, 3.05) is 19.7 Å². The lowest BCUT2D eigenvalue weighted by Gasteiger charge is -2.34. The van der Waals surface area contributed by atoms with Gasteiger partial charge in [-0.1, -0.05) is 23.7 Å². The highest BCUT2D eigenvalue weighted by Gasteiger charge is 2.25. The van der Waals surface area contributed by atoms with Gasteiger partial charge in [0.2, 0.25) is 0 Å². The second-order valence-corrected chi connectivity index (χ2v) is 4.70. The van der Waals surface area contributed by atoms with Crippen molar-refractivity contribution in [1.82, 2.24) is 4.90 Å². The molecule has 0 spiro atoms. The standard InChI is InChI=1S/C13H15ClN2O/c1-10-9-16(5-6-17-10)13(8-15)11-3-2-4-12(14)7-11/h2-4,7,10,13H,5-6,9H2,1H3/t10-,13-/m0/s1. The van der Waals surface area contributed by atoms with E-state index in [0.29, 0.717) is 11.6 Å². The second kappa shape index (κ2) is 5.50. The van der Waals surface area contributed by atoms with Crippen LogP contribution in [0.25, 0.3) is 0 Å². The molecule has 0 N–H and O–H groups in total. The molecule has 4 heteroatoms. The normalized spacial score (nSPS) is 23.0. The molecule has 1 aliphatic heterocycles. The molecule has 2 atom stereocenters. The Bertz CT molecular complexity index is 430. The molecule has 0 aromatic heterocycles. The maximum Gasteiger partial charge on any atom is 0.124 e. The first kappa shape index (κ1) is 12.4. The highest BCUT2D eigenvalue weighted by molar-refractivity contribution is 6.30. The molecule has 3 nitrogen and oxygen atoms in total. The van der Waals surface area contributed by atoms with Gasteiger partial charge < -0.3 is 4.74 Å². The topological polar surface area (TPSA) is 36.3 Å². The lowest BCUT2D eigenvalue weighted by Crippen LogP contribution is -2.42. The van der Waals surface area contributed by atoms with E-state index in [1.54, 1.807) is 0 Å². The van der Waals surface area contributed by atoms with E-state index in [9.17, 15) is 5.26 Å². The molecule has 1 aliphatic rings. The minimum Gasteiger partial charge on any atom is -0.376 e. The van der Waals surface area contributed by atoms with Gasteiger partial charge in [0.1, 0.15) is 6.04 Å². The Kier molecular flexibility index (Phi) is 4.01. The van der Waals surface area contributed by atoms with Crippen LogP contribution in [0, 0.1) is 11.3 Å². The zero-order valence-corrected chi connectivity index (χ0v) is 10.5. The molecule has 1 heterocycles. The van der Waals surface area contributed by atoms with E-state index in [-0.39, 0.29) is 12.1 Å². The third-order valence-electron chi connectivity index (χ3n) is 2.92. The summed E-state index contributed by atoms with van der Waals surface area (Å²) in [5.74, 6) is 0. The Morgan fingerprint density at radius 2 is 2.41 bits per heavy atom. The highest BCUT2D eigenvalue weighted by Crippen LogP contribution is 2.24. The molecule has 17 heavy (non-hydrogen) atoms. The zero-order valence-electron chi connectivity index (χ0n) is 9.77. The van der Waals surface area contributed by atoms with Crippen molar-refractivity contribution in [2.24, 2.45) is 0 Å². The summed E-state index contributed by atoms with van der Waals surface area (Å²) >= 11 is 5.96. The molecule has 0 radical (unpaired) electrons. The molecule has 1 aromatic carbocycles. The Morgan fingerprint density at radius 3 is 3.06 bits per heavy atom. The highest BCUT2D eigenvalue weighted by atomic mass is 35.5. The number of nitrogens with zero attached hydrogens (tertiary/aromatic N) is 2. The number of hydrogen-bond acceptors (Lipinski definition) is 3. The van der Waals surface area contributed by atoms with Crippen LogP contribution in [0.15, 0.2) is 24.3 Å². The van der Waals surface area contributed by atoms with E-state index in [1.165, 1.54) is 0 Å². The molecule has 2 rings (SSSR count). The number of morpholine rings is 1. The third-order valence-corrected chi connectivity index (χ3v) is 3.16. The fourth-order valence-corrected chi connectivity index (χ4v) is 2.32. The Labute approximate surface area is 107 Å². The molecule has 0 aliphatic carbocycles. The van der Waals surface area contributed by atoms with Gasteiger partial charge in [-0.2, -0.15) is 5.26 Å². The van der Waals surface area contributed by atoms with Gasteiger partial charge in [-0.15, -0.1) is 0 Å². The van der Waals surface area contributed by atoms with Crippen LogP contribution in [0.3, 0.4) is 0 Å². The van der Waals surface area contributed by atoms with Crippen molar-refractivity contribution in [3.05, 3.63) is 34.9 Å². The van der Waals surface area contributed by atoms with Gasteiger partial charge in [0.15, 0.2) is 0 Å². The number of nitriles is 1. The summed E-state index contributed by atoms with van der Waals surface area (Å²) in [6.45, 7) is 4.28. The van der Waals surface area contributed by atoms with Gasteiger partial charge >= 0.3 is 0 Å². The van der Waals surface area contributed by atoms with E-state index in [2.05, 4.69) is 11.0 Å². The minimum absolute atomic E-state index is 0.179. The number of benzene rings is 1. The van der Waals surface area contributed by atoms with E-state index in [0.717, 1.165) is 18.7 Å². The molecule has 1 aromatic rings. The molecular formula is C13H15ClN2O. The molecular weight excluding hydrogens is 236 g/mol. The van der Waals surface area contributed by atoms with Gasteiger partial charge in [0, 0.05) is 18.1 Å². The summed E-state index contributed by atoms with van der Waals surface area (Å²) in [5.41, 5.74) is 0.953. The summed E-state index contributed by atoms with van der Waals surface area (Å²) in [7, 11) is 0. The minimum atomic E-state index is -0.236. The predicted molar refractivity (Wildman–Crippen MR) is 66.8 cm³/mol. The largest absolute Gasteiger partial charge is 0.376 e. The van der Waals surface area contributed by atoms with Crippen LogP contribution < -0.4 is 0 Å². The molecule has 90 valence electrons. The smallest absolute Gasteiger partial charge is 0.124 e. The van der Waals surface area contributed by atoms with Crippen molar-refractivity contribution in [2.45, 2.75) is 19.1 Å². The van der Waals surface area contributed by atoms with E-state index < -0.39 is 0 Å². The first-order chi connectivity index (χ1) is 8.20. The Hall–Kier alpha value is -1.08. The molecule has 1 saturated heterocycles. The molecule has 0 bridgehead atoms. The van der Waals surface area contributed by atoms with Crippen LogP contribution >= 0.6 is 11.6 Å². The van der Waals surface area contributed by atoms with Crippen LogP contribution in [-0.2, 0) is 4.74 Å². The summed E-state index contributed by atoms with van der Waals surface area (Å²) in [4.78, 5) is 2.14. The van der Waals surface area contributed by atoms with Crippen LogP contribution in [0.2, 0.25) is 5.02 Å². The van der Waals surface area contributed by atoms with Gasteiger partial charge in [-0.05, 0) is 24.6 Å². The van der Waals surface area contributed by atoms with Crippen molar-refractivity contribution in [1.29, 1.82) is 5.26 Å². The second-order valence-electron chi connectivity index (χ2n) is 4.26. The summed E-state index contributed by atoms with van der Waals surface area (Å²) in [6.07, 6.45) is 0.179. The van der Waals surface area contributed by atoms with Gasteiger partial charge in [-0.3, -0.25) is 4.90 Å². The molecule has 0 unspecified atom stereocenters. The Balaban J connectivity index is 2.19. The van der Waals surface area contributed by atoms with Crippen molar-refractivity contribution < 1.29 is 4.74 Å². The van der Waals surface area contributed by atoms with Crippen LogP contribution in [0.5, 0.6) is 0 Å². The number of halogens is 1. The first-order valence-electron chi connectivity index (χ1n) is 5.71. The van der Waals surface area contributed by atoms with Gasteiger partial charge in [-0.25, -0.2) is 0 Å². The van der Waals surface area contributed by atoms with Gasteiger partial charge in [0.05, 0.1) is 18.8 Å². The van der Waals surface area contributed by atoms with E-state index in [4.69, 9.17) is 16.3 Å². The SMILES string of the molecule is C[C@H]1CN([C@@H](C#N)c2cccc(Cl)c2)CCO1. The predicted octanol–water partition coefficient (Wildman–Crippen LogP) is 2.63. The fraction of sp³-hybridized carbons (Fsp3) is 0.462. The fourth-order valence-electron chi connectivity index (χ4n) is 2.12. The van der Waals surface area contributed by atoms with E-state index >= 15 is 0 Å². The lowest BCUT2D eigenvalue weighted by molar-refractivity contribution is -0.0269.